The number of Topliss-reactive ketones (excluding diaryl/α,β-unsaturated/α-hetero) is 1. The number of amides is 1. The van der Waals surface area contributed by atoms with E-state index < -0.39 is 12.0 Å². The first-order valence-corrected chi connectivity index (χ1v) is 10.9. The number of carbonyl (C=O) groups is 2. The standard InChI is InChI=1S/C28H22N2O4/c29-28(32)21-8-6-19(7-9-21)27(20-12-14-30-15-13-20)33-22-10-11-23-24(31)17-25(34-26(23)16-22)18-4-2-1-3-5-18/h1-16,25,27H,17H2,(H2,29,32). The number of ether oxygens (including phenoxy) is 2. The van der Waals surface area contributed by atoms with E-state index in [2.05, 4.69) is 4.98 Å². The highest BCUT2D eigenvalue weighted by molar-refractivity contribution is 6.00. The Kier molecular flexibility index (Phi) is 5.79. The van der Waals surface area contributed by atoms with Crippen LogP contribution in [0.3, 0.4) is 0 Å². The Morgan fingerprint density at radius 2 is 1.65 bits per heavy atom. The maximum absolute atomic E-state index is 12.8. The summed E-state index contributed by atoms with van der Waals surface area (Å²) < 4.78 is 12.6. The molecule has 4 aromatic rings. The van der Waals surface area contributed by atoms with Crippen molar-refractivity contribution in [2.45, 2.75) is 18.6 Å². The fourth-order valence-electron chi connectivity index (χ4n) is 4.06. The molecule has 2 unspecified atom stereocenters. The van der Waals surface area contributed by atoms with Gasteiger partial charge in [-0.1, -0.05) is 42.5 Å². The average Bonchev–Trinajstić information content (AvgIpc) is 2.88. The van der Waals surface area contributed by atoms with E-state index >= 15 is 0 Å². The summed E-state index contributed by atoms with van der Waals surface area (Å²) in [6, 6.07) is 25.7. The molecule has 6 nitrogen and oxygen atoms in total. The molecule has 0 spiro atoms. The summed E-state index contributed by atoms with van der Waals surface area (Å²) >= 11 is 0. The van der Waals surface area contributed by atoms with E-state index in [0.29, 0.717) is 29.0 Å². The summed E-state index contributed by atoms with van der Waals surface area (Å²) in [6.07, 6.45) is 2.88. The van der Waals surface area contributed by atoms with Crippen molar-refractivity contribution in [1.29, 1.82) is 0 Å². The molecule has 2 heterocycles. The minimum absolute atomic E-state index is 0.0365. The van der Waals surface area contributed by atoms with Crippen LogP contribution in [0, 0.1) is 0 Å². The van der Waals surface area contributed by atoms with Gasteiger partial charge in [0.25, 0.3) is 0 Å². The van der Waals surface area contributed by atoms with Gasteiger partial charge < -0.3 is 15.2 Å². The zero-order valence-corrected chi connectivity index (χ0v) is 18.3. The van der Waals surface area contributed by atoms with Crippen LogP contribution in [0.25, 0.3) is 0 Å². The third-order valence-corrected chi connectivity index (χ3v) is 5.83. The summed E-state index contributed by atoms with van der Waals surface area (Å²) in [5, 5.41) is 0. The lowest BCUT2D eigenvalue weighted by atomic mass is 9.96. The second kappa shape index (κ2) is 9.19. The Labute approximate surface area is 197 Å². The number of carbonyl (C=O) groups excluding carboxylic acids is 2. The van der Waals surface area contributed by atoms with Crippen molar-refractivity contribution in [3.63, 3.8) is 0 Å². The lowest BCUT2D eigenvalue weighted by Crippen LogP contribution is -2.20. The molecule has 6 heteroatoms. The van der Waals surface area contributed by atoms with E-state index in [9.17, 15) is 9.59 Å². The van der Waals surface area contributed by atoms with Crippen molar-refractivity contribution in [2.75, 3.05) is 0 Å². The second-order valence-electron chi connectivity index (χ2n) is 8.07. The van der Waals surface area contributed by atoms with Crippen LogP contribution < -0.4 is 15.2 Å². The summed E-state index contributed by atoms with van der Waals surface area (Å²) in [6.45, 7) is 0. The number of hydrogen-bond acceptors (Lipinski definition) is 5. The average molecular weight is 450 g/mol. The number of nitrogens with zero attached hydrogens (tertiary/aromatic N) is 1. The Bertz CT molecular complexity index is 1320. The van der Waals surface area contributed by atoms with Gasteiger partial charge in [-0.2, -0.15) is 0 Å². The maximum atomic E-state index is 12.8. The lowest BCUT2D eigenvalue weighted by molar-refractivity contribution is 0.0848. The van der Waals surface area contributed by atoms with Crippen LogP contribution in [0.4, 0.5) is 0 Å². The first-order valence-electron chi connectivity index (χ1n) is 10.9. The molecule has 5 rings (SSSR count). The van der Waals surface area contributed by atoms with Crippen LogP contribution in [-0.4, -0.2) is 16.7 Å². The van der Waals surface area contributed by atoms with E-state index in [-0.39, 0.29) is 11.9 Å². The number of benzene rings is 3. The minimum Gasteiger partial charge on any atom is -0.484 e. The van der Waals surface area contributed by atoms with E-state index in [1.165, 1.54) is 0 Å². The smallest absolute Gasteiger partial charge is 0.248 e. The third kappa shape index (κ3) is 4.38. The molecule has 0 fully saturated rings. The SMILES string of the molecule is NC(=O)c1ccc(C(Oc2ccc3c(c2)OC(c2ccccc2)CC3=O)c2ccncc2)cc1. The molecule has 0 saturated carbocycles. The molecule has 0 aliphatic carbocycles. The van der Waals surface area contributed by atoms with Gasteiger partial charge in [0.2, 0.25) is 5.91 Å². The Morgan fingerprint density at radius 3 is 2.35 bits per heavy atom. The van der Waals surface area contributed by atoms with Gasteiger partial charge in [-0.3, -0.25) is 14.6 Å². The Morgan fingerprint density at radius 1 is 0.941 bits per heavy atom. The quantitative estimate of drug-likeness (QED) is 0.444. The topological polar surface area (TPSA) is 91.5 Å². The number of ketones is 1. The predicted molar refractivity (Wildman–Crippen MR) is 127 cm³/mol. The molecule has 1 amide bonds. The Balaban J connectivity index is 1.46. The molecule has 2 atom stereocenters. The Hall–Kier alpha value is -4.45. The number of fused-ring (bicyclic) bond motifs is 1. The molecule has 1 aliphatic rings. The fraction of sp³-hybridized carbons (Fsp3) is 0.107. The van der Waals surface area contributed by atoms with Gasteiger partial charge in [0.15, 0.2) is 5.78 Å². The second-order valence-corrected chi connectivity index (χ2v) is 8.07. The van der Waals surface area contributed by atoms with Crippen molar-refractivity contribution in [3.05, 3.63) is 125 Å². The van der Waals surface area contributed by atoms with Crippen LogP contribution in [0.2, 0.25) is 0 Å². The maximum Gasteiger partial charge on any atom is 0.248 e. The number of hydrogen-bond donors (Lipinski definition) is 1. The van der Waals surface area contributed by atoms with Crippen LogP contribution >= 0.6 is 0 Å². The van der Waals surface area contributed by atoms with E-state index in [1.54, 1.807) is 42.7 Å². The molecule has 2 N–H and O–H groups in total. The zero-order chi connectivity index (χ0) is 23.5. The van der Waals surface area contributed by atoms with Gasteiger partial charge in [0.1, 0.15) is 23.7 Å². The van der Waals surface area contributed by atoms with Gasteiger partial charge in [-0.05, 0) is 53.1 Å². The van der Waals surface area contributed by atoms with Gasteiger partial charge >= 0.3 is 0 Å². The van der Waals surface area contributed by atoms with Crippen LogP contribution in [0.1, 0.15) is 56.0 Å². The zero-order valence-electron chi connectivity index (χ0n) is 18.3. The first-order chi connectivity index (χ1) is 16.6. The van der Waals surface area contributed by atoms with Crippen LogP contribution in [-0.2, 0) is 0 Å². The van der Waals surface area contributed by atoms with Crippen LogP contribution in [0.15, 0.2) is 97.3 Å². The molecule has 1 aliphatic heterocycles. The molecular formula is C28H22N2O4. The highest BCUT2D eigenvalue weighted by atomic mass is 16.5. The van der Waals surface area contributed by atoms with Gasteiger partial charge in [-0.15, -0.1) is 0 Å². The lowest BCUT2D eigenvalue weighted by Gasteiger charge is -2.27. The largest absolute Gasteiger partial charge is 0.484 e. The molecule has 0 radical (unpaired) electrons. The molecule has 34 heavy (non-hydrogen) atoms. The molecule has 1 aromatic heterocycles. The highest BCUT2D eigenvalue weighted by Crippen LogP contribution is 2.38. The third-order valence-electron chi connectivity index (χ3n) is 5.83. The molecule has 0 bridgehead atoms. The predicted octanol–water partition coefficient (Wildman–Crippen LogP) is 5.06. The highest BCUT2D eigenvalue weighted by Gasteiger charge is 2.28. The first kappa shape index (κ1) is 21.4. The van der Waals surface area contributed by atoms with Crippen molar-refractivity contribution < 1.29 is 19.1 Å². The number of pyridine rings is 1. The number of aromatic nitrogens is 1. The molecular weight excluding hydrogens is 428 g/mol. The van der Waals surface area contributed by atoms with Crippen molar-refractivity contribution in [3.8, 4) is 11.5 Å². The summed E-state index contributed by atoms with van der Waals surface area (Å²) in [7, 11) is 0. The van der Waals surface area contributed by atoms with Crippen molar-refractivity contribution in [2.24, 2.45) is 5.73 Å². The fourth-order valence-corrected chi connectivity index (χ4v) is 4.06. The summed E-state index contributed by atoms with van der Waals surface area (Å²) in [4.78, 5) is 28.3. The number of primary amides is 1. The van der Waals surface area contributed by atoms with Crippen LogP contribution in [0.5, 0.6) is 11.5 Å². The van der Waals surface area contributed by atoms with Gasteiger partial charge in [-0.25, -0.2) is 0 Å². The molecule has 0 saturated heterocycles. The normalized spacial score (nSPS) is 15.6. The van der Waals surface area contributed by atoms with E-state index in [4.69, 9.17) is 15.2 Å². The monoisotopic (exact) mass is 450 g/mol. The van der Waals surface area contributed by atoms with Crippen molar-refractivity contribution in [1.82, 2.24) is 4.98 Å². The van der Waals surface area contributed by atoms with E-state index in [1.807, 2.05) is 54.6 Å². The number of rotatable bonds is 6. The number of nitrogens with two attached hydrogens (primary N) is 1. The minimum atomic E-state index is -0.489. The molecule has 168 valence electrons. The van der Waals surface area contributed by atoms with Gasteiger partial charge in [0.05, 0.1) is 12.0 Å². The summed E-state index contributed by atoms with van der Waals surface area (Å²) in [5.41, 5.74) is 9.04. The summed E-state index contributed by atoms with van der Waals surface area (Å²) in [5.74, 6) is 0.605. The van der Waals surface area contributed by atoms with E-state index in [0.717, 1.165) is 16.7 Å². The van der Waals surface area contributed by atoms with Crippen molar-refractivity contribution >= 4 is 11.7 Å². The van der Waals surface area contributed by atoms with Gasteiger partial charge in [0, 0.05) is 24.0 Å². The molecule has 3 aromatic carbocycles.